The molecule has 0 aliphatic heterocycles. The number of nitrogens with one attached hydrogen (secondary N) is 2. The molecule has 0 radical (unpaired) electrons. The van der Waals surface area contributed by atoms with E-state index < -0.39 is 23.4 Å². The molecule has 0 saturated carbocycles. The van der Waals surface area contributed by atoms with Crippen LogP contribution in [-0.2, 0) is 16.0 Å². The molecule has 0 unspecified atom stereocenters. The molecule has 3 amide bonds. The predicted octanol–water partition coefficient (Wildman–Crippen LogP) is 7.64. The van der Waals surface area contributed by atoms with Gasteiger partial charge < -0.3 is 25.0 Å². The Hall–Kier alpha value is -4.88. The van der Waals surface area contributed by atoms with Crippen molar-refractivity contribution < 1.29 is 23.9 Å². The van der Waals surface area contributed by atoms with Crippen molar-refractivity contribution in [1.29, 1.82) is 0 Å². The molecule has 0 saturated heterocycles. The molecule has 4 rings (SSSR count). The van der Waals surface area contributed by atoms with Crippen LogP contribution in [0.25, 0.3) is 11.5 Å². The Labute approximate surface area is 279 Å². The van der Waals surface area contributed by atoms with Gasteiger partial charge in [-0.1, -0.05) is 18.2 Å². The minimum atomic E-state index is -0.930. The van der Waals surface area contributed by atoms with E-state index in [9.17, 15) is 14.4 Å². The lowest BCUT2D eigenvalue weighted by Crippen LogP contribution is -2.44. The maximum absolute atomic E-state index is 13.1. The van der Waals surface area contributed by atoms with Gasteiger partial charge in [0.25, 0.3) is 5.91 Å². The van der Waals surface area contributed by atoms with Crippen LogP contribution in [0.4, 0.5) is 31.9 Å². The molecule has 0 fully saturated rings. The molecule has 248 valence electrons. The van der Waals surface area contributed by atoms with Crippen LogP contribution in [0.5, 0.6) is 0 Å². The Bertz CT molecular complexity index is 1710. The highest BCUT2D eigenvalue weighted by atomic mass is 32.1. The number of aryl methyl sites for hydroxylation is 1. The second kappa shape index (κ2) is 14.3. The number of carbonyl (C=O) groups is 3. The summed E-state index contributed by atoms with van der Waals surface area (Å²) >= 11 is 1.32. The molecule has 47 heavy (non-hydrogen) atoms. The van der Waals surface area contributed by atoms with Crippen molar-refractivity contribution in [3.05, 3.63) is 76.8 Å². The largest absolute Gasteiger partial charge is 0.443 e. The van der Waals surface area contributed by atoms with E-state index in [1.807, 2.05) is 63.5 Å². The van der Waals surface area contributed by atoms with Crippen molar-refractivity contribution in [3.8, 4) is 11.5 Å². The number of carbonyl (C=O) groups excluding carboxylic acids is 3. The monoisotopic (exact) mass is 659 g/mol. The zero-order valence-electron chi connectivity index (χ0n) is 28.2. The average Bonchev–Trinajstić information content (AvgIpc) is 3.42. The Morgan fingerprint density at radius 1 is 0.872 bits per heavy atom. The quantitative estimate of drug-likeness (QED) is 0.194. The number of rotatable bonds is 8. The maximum atomic E-state index is 13.1. The Balaban J connectivity index is 1.52. The second-order valence-electron chi connectivity index (χ2n) is 13.1. The first-order valence-electron chi connectivity index (χ1n) is 15.0. The summed E-state index contributed by atoms with van der Waals surface area (Å²) in [6.07, 6.45) is -0.431. The molecule has 2 aromatic heterocycles. The molecular formula is C34H41N7O5S. The van der Waals surface area contributed by atoms with Crippen molar-refractivity contribution >= 4 is 51.8 Å². The van der Waals surface area contributed by atoms with Crippen LogP contribution in [0.2, 0.25) is 0 Å². The minimum Gasteiger partial charge on any atom is -0.443 e. The number of nitrogens with zero attached hydrogens (tertiary/aromatic N) is 5. The number of hydrogen-bond donors (Lipinski definition) is 2. The van der Waals surface area contributed by atoms with Gasteiger partial charge in [-0.25, -0.2) is 24.5 Å². The highest BCUT2D eigenvalue weighted by Gasteiger charge is 2.34. The van der Waals surface area contributed by atoms with Crippen molar-refractivity contribution in [2.45, 2.75) is 66.2 Å². The number of aromatic nitrogens is 3. The standard InChI is InChI=1S/C34H41N7O5S/c1-21-10-15-24(36-29(42)23-13-11-22(12-14-23)19-40(8)9)18-25(21)37-30-38-26(20-47-30)28-35-17-16-27(39-28)41(31(43)45-33(2,3)4)32(44)46-34(5,6)7/h10-18,20H,19H2,1-9H3,(H,36,42)(H,37,38). The van der Waals surface area contributed by atoms with Crippen LogP contribution in [-0.4, -0.2) is 63.2 Å². The zero-order valence-corrected chi connectivity index (χ0v) is 29.0. The van der Waals surface area contributed by atoms with Gasteiger partial charge in [0.05, 0.1) is 0 Å². The minimum absolute atomic E-state index is 0.0207. The summed E-state index contributed by atoms with van der Waals surface area (Å²) < 4.78 is 10.9. The molecule has 0 aliphatic carbocycles. The molecule has 0 aliphatic rings. The summed E-state index contributed by atoms with van der Waals surface area (Å²) in [5, 5.41) is 8.57. The highest BCUT2D eigenvalue weighted by molar-refractivity contribution is 7.14. The smallest absolute Gasteiger partial charge is 0.425 e. The van der Waals surface area contributed by atoms with Crippen LogP contribution in [0, 0.1) is 6.92 Å². The fourth-order valence-electron chi connectivity index (χ4n) is 4.19. The van der Waals surface area contributed by atoms with Gasteiger partial charge in [0.15, 0.2) is 16.8 Å². The molecule has 12 nitrogen and oxygen atoms in total. The summed E-state index contributed by atoms with van der Waals surface area (Å²) in [5.74, 6) is -0.0394. The van der Waals surface area contributed by atoms with Crippen molar-refractivity contribution in [1.82, 2.24) is 19.9 Å². The van der Waals surface area contributed by atoms with Crippen LogP contribution in [0.3, 0.4) is 0 Å². The lowest BCUT2D eigenvalue weighted by atomic mass is 10.1. The van der Waals surface area contributed by atoms with Crippen molar-refractivity contribution in [2.24, 2.45) is 0 Å². The number of anilines is 4. The zero-order chi connectivity index (χ0) is 34.5. The number of hydrogen-bond acceptors (Lipinski definition) is 11. The van der Waals surface area contributed by atoms with Gasteiger partial charge >= 0.3 is 12.2 Å². The van der Waals surface area contributed by atoms with E-state index in [1.165, 1.54) is 23.6 Å². The van der Waals surface area contributed by atoms with E-state index in [4.69, 9.17) is 9.47 Å². The molecule has 0 bridgehead atoms. The fourth-order valence-corrected chi connectivity index (χ4v) is 4.89. The first-order chi connectivity index (χ1) is 22.0. The number of benzene rings is 2. The van der Waals surface area contributed by atoms with Crippen LogP contribution < -0.4 is 15.5 Å². The SMILES string of the molecule is Cc1ccc(NC(=O)c2ccc(CN(C)C)cc2)cc1Nc1nc(-c2nccc(N(C(=O)OC(C)(C)C)C(=O)OC(C)(C)C)n2)cs1. The topological polar surface area (TPSA) is 139 Å². The molecule has 2 heterocycles. The molecular weight excluding hydrogens is 618 g/mol. The van der Waals surface area contributed by atoms with E-state index in [2.05, 4.69) is 30.5 Å². The molecule has 2 N–H and O–H groups in total. The lowest BCUT2D eigenvalue weighted by molar-refractivity contribution is 0.0428. The summed E-state index contributed by atoms with van der Waals surface area (Å²) in [4.78, 5) is 55.3. The van der Waals surface area contributed by atoms with Crippen molar-refractivity contribution in [3.63, 3.8) is 0 Å². The van der Waals surface area contributed by atoms with Crippen molar-refractivity contribution in [2.75, 3.05) is 29.6 Å². The third-order valence-electron chi connectivity index (χ3n) is 6.21. The van der Waals surface area contributed by atoms with Crippen LogP contribution >= 0.6 is 11.3 Å². The molecule has 2 aromatic carbocycles. The lowest BCUT2D eigenvalue weighted by Gasteiger charge is -2.28. The van der Waals surface area contributed by atoms with Crippen LogP contribution in [0.15, 0.2) is 60.1 Å². The maximum Gasteiger partial charge on any atom is 0.425 e. The van der Waals surface area contributed by atoms with Crippen LogP contribution in [0.1, 0.15) is 63.0 Å². The summed E-state index contributed by atoms with van der Waals surface area (Å²) in [5.41, 5.74) is 2.70. The van der Waals surface area contributed by atoms with Gasteiger partial charge in [0.1, 0.15) is 16.9 Å². The molecule has 4 aromatic rings. The summed E-state index contributed by atoms with van der Waals surface area (Å²) in [7, 11) is 4.00. The Morgan fingerprint density at radius 2 is 1.51 bits per heavy atom. The fraction of sp³-hybridized carbons (Fsp3) is 0.353. The number of ether oxygens (including phenoxy) is 2. The number of amides is 3. The van der Waals surface area contributed by atoms with E-state index in [-0.39, 0.29) is 17.5 Å². The second-order valence-corrected chi connectivity index (χ2v) is 14.0. The Kier molecular flexibility index (Phi) is 10.6. The molecule has 0 atom stereocenters. The third-order valence-corrected chi connectivity index (χ3v) is 6.97. The molecule has 0 spiro atoms. The summed E-state index contributed by atoms with van der Waals surface area (Å²) in [6, 6.07) is 14.5. The average molecular weight is 660 g/mol. The van der Waals surface area contributed by atoms with E-state index in [0.717, 1.165) is 28.3 Å². The van der Waals surface area contributed by atoms with Gasteiger partial charge in [-0.3, -0.25) is 4.79 Å². The normalized spacial score (nSPS) is 11.6. The van der Waals surface area contributed by atoms with Gasteiger partial charge in [0, 0.05) is 41.1 Å². The summed E-state index contributed by atoms with van der Waals surface area (Å²) in [6.45, 7) is 12.9. The van der Waals surface area contributed by atoms with Gasteiger partial charge in [0.2, 0.25) is 0 Å². The van der Waals surface area contributed by atoms with E-state index in [1.54, 1.807) is 46.9 Å². The van der Waals surface area contributed by atoms with Gasteiger partial charge in [-0.05, 0) is 98.0 Å². The number of imide groups is 1. The highest BCUT2D eigenvalue weighted by Crippen LogP contribution is 2.30. The third kappa shape index (κ3) is 10.1. The van der Waals surface area contributed by atoms with E-state index in [0.29, 0.717) is 22.1 Å². The van der Waals surface area contributed by atoms with E-state index >= 15 is 0 Å². The first kappa shape index (κ1) is 35.0. The van der Waals surface area contributed by atoms with Gasteiger partial charge in [-0.15, -0.1) is 11.3 Å². The molecule has 13 heteroatoms. The first-order valence-corrected chi connectivity index (χ1v) is 15.8. The number of thiazole rings is 1. The van der Waals surface area contributed by atoms with Gasteiger partial charge in [-0.2, -0.15) is 4.90 Å². The Morgan fingerprint density at radius 3 is 2.11 bits per heavy atom. The predicted molar refractivity (Wildman–Crippen MR) is 184 cm³/mol.